The van der Waals surface area contributed by atoms with E-state index in [1.165, 1.54) is 38.2 Å². The van der Waals surface area contributed by atoms with Crippen molar-refractivity contribution < 1.29 is 4.42 Å². The number of hydrogen-bond donors (Lipinski definition) is 0. The molecule has 0 aliphatic rings. The molecule has 234 valence electrons. The van der Waals surface area contributed by atoms with Crippen LogP contribution in [0.4, 0.5) is 17.1 Å². The average molecular weight is 639 g/mol. The van der Waals surface area contributed by atoms with E-state index < -0.39 is 0 Å². The number of nitrogens with zero attached hydrogens (tertiary/aromatic N) is 2. The van der Waals surface area contributed by atoms with Crippen LogP contribution in [0.2, 0.25) is 0 Å². The lowest BCUT2D eigenvalue weighted by atomic mass is 9.97. The van der Waals surface area contributed by atoms with Gasteiger partial charge in [0.15, 0.2) is 0 Å². The van der Waals surface area contributed by atoms with Crippen LogP contribution in [-0.4, -0.2) is 4.98 Å². The first-order valence-electron chi connectivity index (χ1n) is 17.0. The van der Waals surface area contributed by atoms with Crippen LogP contribution >= 0.6 is 0 Å². The molecule has 0 amide bonds. The number of pyridine rings is 1. The van der Waals surface area contributed by atoms with Gasteiger partial charge in [0, 0.05) is 28.3 Å². The fraction of sp³-hybridized carbons (Fsp3) is 0. The quantitative estimate of drug-likeness (QED) is 0.176. The Balaban J connectivity index is 1.16. The number of anilines is 3. The average Bonchev–Trinajstić information content (AvgIpc) is 3.56. The first kappa shape index (κ1) is 28.3. The number of rotatable bonds is 5. The maximum absolute atomic E-state index is 6.48. The summed E-state index contributed by atoms with van der Waals surface area (Å²) in [5, 5.41) is 8.19. The van der Waals surface area contributed by atoms with Gasteiger partial charge in [-0.15, -0.1) is 0 Å². The van der Waals surface area contributed by atoms with E-state index in [1.54, 1.807) is 0 Å². The van der Waals surface area contributed by atoms with Crippen LogP contribution in [0.3, 0.4) is 0 Å². The van der Waals surface area contributed by atoms with Crippen LogP contribution in [0, 0.1) is 0 Å². The van der Waals surface area contributed by atoms with E-state index in [-0.39, 0.29) is 0 Å². The molecule has 2 heterocycles. The zero-order valence-corrected chi connectivity index (χ0v) is 27.1. The van der Waals surface area contributed by atoms with Crippen molar-refractivity contribution in [3.8, 4) is 22.3 Å². The van der Waals surface area contributed by atoms with Crippen LogP contribution in [0.5, 0.6) is 0 Å². The Morgan fingerprint density at radius 1 is 0.400 bits per heavy atom. The molecule has 0 saturated carbocycles. The number of benzene rings is 8. The molecular weight excluding hydrogens is 609 g/mol. The third-order valence-corrected chi connectivity index (χ3v) is 9.87. The summed E-state index contributed by atoms with van der Waals surface area (Å²) in [4.78, 5) is 7.33. The van der Waals surface area contributed by atoms with E-state index in [9.17, 15) is 0 Å². The highest BCUT2D eigenvalue weighted by Crippen LogP contribution is 2.47. The van der Waals surface area contributed by atoms with Crippen molar-refractivity contribution in [1.29, 1.82) is 0 Å². The Hall–Kier alpha value is -6.71. The normalized spacial score (nSPS) is 11.6. The van der Waals surface area contributed by atoms with Gasteiger partial charge in [0.1, 0.15) is 11.2 Å². The Labute approximate surface area is 289 Å². The molecule has 0 bridgehead atoms. The van der Waals surface area contributed by atoms with Crippen molar-refractivity contribution >= 4 is 71.4 Å². The summed E-state index contributed by atoms with van der Waals surface area (Å²) in [6.07, 6.45) is 1.88. The molecule has 0 spiro atoms. The predicted octanol–water partition coefficient (Wildman–Crippen LogP) is 13.2. The van der Waals surface area contributed by atoms with Crippen molar-refractivity contribution in [2.45, 2.75) is 0 Å². The molecule has 0 N–H and O–H groups in total. The molecular formula is C47H30N2O. The maximum Gasteiger partial charge on any atom is 0.138 e. The maximum atomic E-state index is 6.48. The molecule has 0 fully saturated rings. The second kappa shape index (κ2) is 11.5. The monoisotopic (exact) mass is 638 g/mol. The lowest BCUT2D eigenvalue weighted by Gasteiger charge is -2.27. The van der Waals surface area contributed by atoms with Crippen molar-refractivity contribution in [3.63, 3.8) is 0 Å². The van der Waals surface area contributed by atoms with E-state index >= 15 is 0 Å². The van der Waals surface area contributed by atoms with Crippen molar-refractivity contribution in [1.82, 2.24) is 4.98 Å². The molecule has 10 aromatic rings. The minimum absolute atomic E-state index is 0.841. The molecule has 0 unspecified atom stereocenters. The van der Waals surface area contributed by atoms with Gasteiger partial charge >= 0.3 is 0 Å². The van der Waals surface area contributed by atoms with Gasteiger partial charge in [0.25, 0.3) is 0 Å². The number of para-hydroxylation sites is 1. The van der Waals surface area contributed by atoms with Gasteiger partial charge in [-0.1, -0.05) is 127 Å². The zero-order valence-electron chi connectivity index (χ0n) is 27.1. The molecule has 0 radical (unpaired) electrons. The predicted molar refractivity (Wildman–Crippen MR) is 210 cm³/mol. The topological polar surface area (TPSA) is 29.3 Å². The molecule has 0 atom stereocenters. The summed E-state index contributed by atoms with van der Waals surface area (Å²) in [6, 6.07) is 62.5. The molecule has 0 aliphatic heterocycles. The van der Waals surface area contributed by atoms with Crippen LogP contribution in [-0.2, 0) is 0 Å². The smallest absolute Gasteiger partial charge is 0.138 e. The molecule has 10 rings (SSSR count). The van der Waals surface area contributed by atoms with Crippen LogP contribution < -0.4 is 4.90 Å². The van der Waals surface area contributed by atoms with Gasteiger partial charge < -0.3 is 9.32 Å². The highest BCUT2D eigenvalue weighted by Gasteiger charge is 2.23. The third kappa shape index (κ3) is 4.63. The summed E-state index contributed by atoms with van der Waals surface area (Å²) >= 11 is 0. The molecule has 2 aromatic heterocycles. The van der Waals surface area contributed by atoms with Gasteiger partial charge in [-0.3, -0.25) is 4.98 Å². The van der Waals surface area contributed by atoms with Gasteiger partial charge in [-0.2, -0.15) is 0 Å². The Morgan fingerprint density at radius 2 is 1.00 bits per heavy atom. The van der Waals surface area contributed by atoms with Crippen molar-refractivity contribution in [2.24, 2.45) is 0 Å². The number of furan rings is 1. The fourth-order valence-corrected chi connectivity index (χ4v) is 7.46. The second-order valence-corrected chi connectivity index (χ2v) is 12.8. The molecule has 0 saturated heterocycles. The number of hydrogen-bond acceptors (Lipinski definition) is 3. The Kier molecular flexibility index (Phi) is 6.49. The van der Waals surface area contributed by atoms with Crippen LogP contribution in [0.15, 0.2) is 187 Å². The van der Waals surface area contributed by atoms with E-state index in [2.05, 4.69) is 163 Å². The molecule has 3 nitrogen and oxygen atoms in total. The van der Waals surface area contributed by atoms with Crippen LogP contribution in [0.25, 0.3) is 76.6 Å². The minimum atomic E-state index is 0.841. The highest BCUT2D eigenvalue weighted by molar-refractivity contribution is 6.21. The third-order valence-electron chi connectivity index (χ3n) is 9.87. The summed E-state index contributed by atoms with van der Waals surface area (Å²) in [6.45, 7) is 0. The Bertz CT molecular complexity index is 2850. The Morgan fingerprint density at radius 3 is 1.80 bits per heavy atom. The van der Waals surface area contributed by atoms with Gasteiger partial charge in [0.2, 0.25) is 0 Å². The molecule has 8 aromatic carbocycles. The fourth-order valence-electron chi connectivity index (χ4n) is 7.46. The summed E-state index contributed by atoms with van der Waals surface area (Å²) in [5.74, 6) is 0. The van der Waals surface area contributed by atoms with Gasteiger partial charge in [-0.25, -0.2) is 0 Å². The standard InChI is InChI=1S/C47H30N2O/c1-2-9-31(10-3-1)32-18-23-38(24-19-32)49(47-45-42-14-6-7-15-43(42)50-44(45)30-37-12-8-28-48-46(37)47)39-25-20-33(21-26-39)35-22-27-41-36(29-35)17-16-34-11-4-5-13-40(34)41/h1-30H. The first-order valence-corrected chi connectivity index (χ1v) is 17.0. The summed E-state index contributed by atoms with van der Waals surface area (Å²) in [7, 11) is 0. The van der Waals surface area contributed by atoms with E-state index in [4.69, 9.17) is 9.40 Å². The van der Waals surface area contributed by atoms with E-state index in [1.807, 2.05) is 24.4 Å². The van der Waals surface area contributed by atoms with E-state index in [0.717, 1.165) is 55.5 Å². The van der Waals surface area contributed by atoms with Gasteiger partial charge in [-0.05, 0) is 92.3 Å². The minimum Gasteiger partial charge on any atom is -0.456 e. The lowest BCUT2D eigenvalue weighted by Crippen LogP contribution is -2.11. The summed E-state index contributed by atoms with van der Waals surface area (Å²) < 4.78 is 6.48. The van der Waals surface area contributed by atoms with Crippen LogP contribution in [0.1, 0.15) is 0 Å². The van der Waals surface area contributed by atoms with E-state index in [0.29, 0.717) is 0 Å². The SMILES string of the molecule is c1ccc(-c2ccc(N(c3ccc(-c4ccc5c(ccc6ccccc65)c4)cc3)c3c4ncccc4cc4oc5ccccc5c34)cc2)cc1. The van der Waals surface area contributed by atoms with Gasteiger partial charge in [0.05, 0.1) is 16.6 Å². The molecule has 0 aliphatic carbocycles. The van der Waals surface area contributed by atoms with Crippen molar-refractivity contribution in [2.75, 3.05) is 4.90 Å². The summed E-state index contributed by atoms with van der Waals surface area (Å²) in [5.41, 5.74) is 10.4. The van der Waals surface area contributed by atoms with Crippen molar-refractivity contribution in [3.05, 3.63) is 182 Å². The number of aromatic nitrogens is 1. The largest absolute Gasteiger partial charge is 0.456 e. The highest BCUT2D eigenvalue weighted by atomic mass is 16.3. The lowest BCUT2D eigenvalue weighted by molar-refractivity contribution is 0.669. The zero-order chi connectivity index (χ0) is 33.0. The number of fused-ring (bicyclic) bond motifs is 7. The first-order chi connectivity index (χ1) is 24.8. The molecule has 3 heteroatoms. The molecule has 50 heavy (non-hydrogen) atoms. The second-order valence-electron chi connectivity index (χ2n) is 12.8.